The number of rotatable bonds is 3. The molecule has 0 amide bonds. The van der Waals surface area contributed by atoms with Gasteiger partial charge < -0.3 is 0 Å². The van der Waals surface area contributed by atoms with E-state index in [0.29, 0.717) is 0 Å². The van der Waals surface area contributed by atoms with Crippen LogP contribution in [-0.4, -0.2) is 13.7 Å². The van der Waals surface area contributed by atoms with Crippen LogP contribution in [0.2, 0.25) is 12.6 Å². The molecule has 1 unspecified atom stereocenters. The summed E-state index contributed by atoms with van der Waals surface area (Å²) in [4.78, 5) is 0. The molecule has 7 heavy (non-hydrogen) atoms. The van der Waals surface area contributed by atoms with Gasteiger partial charge in [-0.05, 0) is 12.2 Å². The highest BCUT2D eigenvalue weighted by molar-refractivity contribution is 8.10. The molecule has 0 radical (unpaired) electrons. The van der Waals surface area contributed by atoms with Crippen molar-refractivity contribution in [3.63, 3.8) is 0 Å². The molecule has 0 aliphatic rings. The van der Waals surface area contributed by atoms with Crippen molar-refractivity contribution in [1.29, 1.82) is 0 Å². The van der Waals surface area contributed by atoms with E-state index in [9.17, 15) is 0 Å². The zero-order chi connectivity index (χ0) is 5.70. The Morgan fingerprint density at radius 2 is 2.14 bits per heavy atom. The van der Waals surface area contributed by atoms with E-state index in [4.69, 9.17) is 0 Å². The molecule has 44 valence electrons. The molecule has 0 N–H and O–H groups in total. The van der Waals surface area contributed by atoms with E-state index in [1.807, 2.05) is 0 Å². The summed E-state index contributed by atoms with van der Waals surface area (Å²) in [5, 5.41) is 0. The summed E-state index contributed by atoms with van der Waals surface area (Å²) in [6.07, 6.45) is 1.25. The summed E-state index contributed by atoms with van der Waals surface area (Å²) in [5.41, 5.74) is 0. The first kappa shape index (κ1) is 7.92. The first-order valence-corrected chi connectivity index (χ1v) is 7.23. The van der Waals surface area contributed by atoms with E-state index in [0.717, 1.165) is 5.75 Å². The maximum Gasteiger partial charge on any atom is 0.0941 e. The third-order valence-electron chi connectivity index (χ3n) is 0.780. The van der Waals surface area contributed by atoms with Crippen molar-refractivity contribution in [2.45, 2.75) is 19.0 Å². The van der Waals surface area contributed by atoms with Crippen molar-refractivity contribution in [1.82, 2.24) is 0 Å². The lowest BCUT2D eigenvalue weighted by Gasteiger charge is -1.95. The molecule has 3 heteroatoms. The predicted molar refractivity (Wildman–Crippen MR) is 45.3 cm³/mol. The van der Waals surface area contributed by atoms with E-state index in [2.05, 4.69) is 31.3 Å². The molecule has 1 atom stereocenters. The molecule has 0 bridgehead atoms. The quantitative estimate of drug-likeness (QED) is 0.445. The SMILES string of the molecule is C[SiH](S)CCCS. The average Bonchev–Trinajstić information content (AvgIpc) is 1.61. The summed E-state index contributed by atoms with van der Waals surface area (Å²) in [6, 6.07) is 1.33. The lowest BCUT2D eigenvalue weighted by atomic mass is 10.6. The Balaban J connectivity index is 2.68. The van der Waals surface area contributed by atoms with Crippen LogP contribution in [-0.2, 0) is 0 Å². The Hall–Kier alpha value is 0.917. The van der Waals surface area contributed by atoms with Gasteiger partial charge in [0.25, 0.3) is 0 Å². The van der Waals surface area contributed by atoms with Crippen LogP contribution in [0.1, 0.15) is 6.42 Å². The summed E-state index contributed by atoms with van der Waals surface area (Å²) in [6.45, 7) is 2.24. The molecule has 0 rings (SSSR count). The first-order valence-electron chi connectivity index (χ1n) is 2.56. The maximum absolute atomic E-state index is 4.34. The second-order valence-corrected chi connectivity index (χ2v) is 7.08. The Kier molecular flexibility index (Phi) is 5.72. The highest BCUT2D eigenvalue weighted by Crippen LogP contribution is 2.00. The minimum absolute atomic E-state index is 0.543. The lowest BCUT2D eigenvalue weighted by Crippen LogP contribution is -1.94. The normalized spacial score (nSPS) is 14.1. The molecule has 0 fully saturated rings. The fourth-order valence-electron chi connectivity index (χ4n) is 0.387. The maximum atomic E-state index is 4.34. The van der Waals surface area contributed by atoms with E-state index < -0.39 is 7.95 Å². The van der Waals surface area contributed by atoms with Crippen LogP contribution in [0.3, 0.4) is 0 Å². The number of hydrogen-bond acceptors (Lipinski definition) is 2. The summed E-state index contributed by atoms with van der Waals surface area (Å²) in [7, 11) is -0.543. The highest BCUT2D eigenvalue weighted by atomic mass is 32.3. The van der Waals surface area contributed by atoms with Gasteiger partial charge in [-0.15, -0.1) is 0 Å². The van der Waals surface area contributed by atoms with Crippen LogP contribution >= 0.6 is 24.7 Å². The van der Waals surface area contributed by atoms with Crippen LogP contribution in [0.4, 0.5) is 0 Å². The largest absolute Gasteiger partial charge is 0.206 e. The molecular formula is C4H12S2Si. The molecule has 0 saturated carbocycles. The minimum atomic E-state index is -0.543. The van der Waals surface area contributed by atoms with Gasteiger partial charge in [-0.3, -0.25) is 0 Å². The van der Waals surface area contributed by atoms with Crippen LogP contribution < -0.4 is 0 Å². The van der Waals surface area contributed by atoms with Crippen LogP contribution in [0.5, 0.6) is 0 Å². The van der Waals surface area contributed by atoms with Gasteiger partial charge in [0.05, 0.1) is 7.95 Å². The van der Waals surface area contributed by atoms with Crippen LogP contribution in [0.25, 0.3) is 0 Å². The average molecular weight is 152 g/mol. The summed E-state index contributed by atoms with van der Waals surface area (Å²) in [5.74, 6) is 1.03. The van der Waals surface area contributed by atoms with Crippen LogP contribution in [0, 0.1) is 0 Å². The lowest BCUT2D eigenvalue weighted by molar-refractivity contribution is 1.09. The molecule has 0 aromatic heterocycles. The standard InChI is InChI=1S/C4H12S2Si/c1-7(6)4-2-3-5/h5-7H,2-4H2,1H3. The van der Waals surface area contributed by atoms with Gasteiger partial charge in [0.2, 0.25) is 0 Å². The molecule has 0 aliphatic heterocycles. The zero-order valence-corrected chi connectivity index (χ0v) is 7.54. The fraction of sp³-hybridized carbons (Fsp3) is 1.00. The molecule has 0 spiro atoms. The molecule has 0 heterocycles. The number of thiol groups is 2. The zero-order valence-electron chi connectivity index (χ0n) is 4.59. The smallest absolute Gasteiger partial charge is 0.0941 e. The van der Waals surface area contributed by atoms with Gasteiger partial charge in [-0.2, -0.15) is 12.6 Å². The Morgan fingerprint density at radius 1 is 1.57 bits per heavy atom. The van der Waals surface area contributed by atoms with Gasteiger partial charge in [-0.25, -0.2) is 12.1 Å². The summed E-state index contributed by atoms with van der Waals surface area (Å²) < 4.78 is 0. The van der Waals surface area contributed by atoms with Crippen molar-refractivity contribution in [3.05, 3.63) is 0 Å². The third kappa shape index (κ3) is 6.92. The molecule has 0 aromatic rings. The topological polar surface area (TPSA) is 0 Å². The van der Waals surface area contributed by atoms with Gasteiger partial charge in [0.1, 0.15) is 0 Å². The second-order valence-electron chi connectivity index (χ2n) is 1.71. The van der Waals surface area contributed by atoms with Crippen molar-refractivity contribution in [2.24, 2.45) is 0 Å². The van der Waals surface area contributed by atoms with Crippen molar-refractivity contribution in [3.8, 4) is 0 Å². The fourth-order valence-corrected chi connectivity index (χ4v) is 2.26. The molecular weight excluding hydrogens is 140 g/mol. The third-order valence-corrected chi connectivity index (χ3v) is 3.11. The molecule has 0 aromatic carbocycles. The van der Waals surface area contributed by atoms with E-state index in [1.165, 1.54) is 12.5 Å². The van der Waals surface area contributed by atoms with E-state index in [1.54, 1.807) is 0 Å². The monoisotopic (exact) mass is 152 g/mol. The minimum Gasteiger partial charge on any atom is -0.206 e. The van der Waals surface area contributed by atoms with Gasteiger partial charge >= 0.3 is 0 Å². The van der Waals surface area contributed by atoms with Crippen molar-refractivity contribution < 1.29 is 0 Å². The predicted octanol–water partition coefficient (Wildman–Crippen LogP) is 1.59. The van der Waals surface area contributed by atoms with E-state index >= 15 is 0 Å². The second kappa shape index (κ2) is 5.06. The van der Waals surface area contributed by atoms with E-state index in [-0.39, 0.29) is 0 Å². The van der Waals surface area contributed by atoms with Crippen molar-refractivity contribution >= 4 is 32.7 Å². The molecule has 0 nitrogen and oxygen atoms in total. The Morgan fingerprint density at radius 3 is 2.29 bits per heavy atom. The summed E-state index contributed by atoms with van der Waals surface area (Å²) >= 11 is 8.42. The number of hydrogen-bond donors (Lipinski definition) is 2. The van der Waals surface area contributed by atoms with Gasteiger partial charge in [0.15, 0.2) is 0 Å². The first-order chi connectivity index (χ1) is 3.27. The van der Waals surface area contributed by atoms with Gasteiger partial charge in [-0.1, -0.05) is 12.6 Å². The molecule has 0 aliphatic carbocycles. The Bertz CT molecular complexity index is 38.7. The van der Waals surface area contributed by atoms with Crippen LogP contribution in [0.15, 0.2) is 0 Å². The molecule has 0 saturated heterocycles. The van der Waals surface area contributed by atoms with Gasteiger partial charge in [0, 0.05) is 0 Å². The highest BCUT2D eigenvalue weighted by Gasteiger charge is 1.92. The Labute approximate surface area is 57.8 Å². The van der Waals surface area contributed by atoms with Crippen molar-refractivity contribution in [2.75, 3.05) is 5.75 Å².